The fourth-order valence-electron chi connectivity index (χ4n) is 2.02. The minimum absolute atomic E-state index is 0.432. The number of rotatable bonds is 2. The maximum atomic E-state index is 10.8. The van der Waals surface area contributed by atoms with Crippen molar-refractivity contribution in [3.63, 3.8) is 0 Å². The normalized spacial score (nSPS) is 17.9. The molecule has 3 heteroatoms. The van der Waals surface area contributed by atoms with Crippen molar-refractivity contribution in [1.29, 1.82) is 0 Å². The molecule has 1 fully saturated rings. The minimum Gasteiger partial charge on any atom is -0.360 e. The zero-order valence-electron chi connectivity index (χ0n) is 7.75. The molecular formula is C10H13NO2. The number of hydrogen-bond donors (Lipinski definition) is 0. The molecule has 1 saturated carbocycles. The first kappa shape index (κ1) is 8.48. The van der Waals surface area contributed by atoms with E-state index < -0.39 is 0 Å². The highest BCUT2D eigenvalue weighted by molar-refractivity contribution is 5.77. The van der Waals surface area contributed by atoms with Crippen molar-refractivity contribution < 1.29 is 9.32 Å². The highest BCUT2D eigenvalue weighted by Crippen LogP contribution is 2.35. The quantitative estimate of drug-likeness (QED) is 0.655. The smallest absolute Gasteiger partial charge is 0.155 e. The molecule has 13 heavy (non-hydrogen) atoms. The predicted octanol–water partition coefficient (Wildman–Crippen LogP) is 2.45. The third kappa shape index (κ3) is 1.39. The first-order chi connectivity index (χ1) is 6.33. The molecule has 0 atom stereocenters. The molecule has 1 aliphatic carbocycles. The lowest BCUT2D eigenvalue weighted by Crippen LogP contribution is -1.95. The summed E-state index contributed by atoms with van der Waals surface area (Å²) in [4.78, 5) is 10.8. The maximum Gasteiger partial charge on any atom is 0.155 e. The lowest BCUT2D eigenvalue weighted by atomic mass is 10.0. The van der Waals surface area contributed by atoms with E-state index in [-0.39, 0.29) is 0 Å². The van der Waals surface area contributed by atoms with Gasteiger partial charge in [0.1, 0.15) is 0 Å². The zero-order chi connectivity index (χ0) is 9.26. The van der Waals surface area contributed by atoms with Crippen LogP contribution in [0, 0.1) is 6.92 Å². The van der Waals surface area contributed by atoms with Gasteiger partial charge in [0.25, 0.3) is 0 Å². The second kappa shape index (κ2) is 3.32. The molecule has 0 amide bonds. The molecule has 0 aliphatic heterocycles. The van der Waals surface area contributed by atoms with Crippen molar-refractivity contribution in [3.8, 4) is 0 Å². The van der Waals surface area contributed by atoms with Crippen molar-refractivity contribution >= 4 is 6.29 Å². The average molecular weight is 179 g/mol. The van der Waals surface area contributed by atoms with Crippen molar-refractivity contribution in [3.05, 3.63) is 17.0 Å². The third-order valence-corrected chi connectivity index (χ3v) is 2.78. The zero-order valence-corrected chi connectivity index (χ0v) is 7.75. The van der Waals surface area contributed by atoms with Crippen LogP contribution < -0.4 is 0 Å². The highest BCUT2D eigenvalue weighted by Gasteiger charge is 2.25. The van der Waals surface area contributed by atoms with Gasteiger partial charge in [0.2, 0.25) is 0 Å². The van der Waals surface area contributed by atoms with Crippen LogP contribution in [-0.2, 0) is 0 Å². The van der Waals surface area contributed by atoms with Crippen LogP contribution in [0.1, 0.15) is 53.4 Å². The molecule has 2 rings (SSSR count). The molecule has 70 valence electrons. The summed E-state index contributed by atoms with van der Waals surface area (Å²) in [7, 11) is 0. The van der Waals surface area contributed by atoms with Gasteiger partial charge in [-0.3, -0.25) is 4.79 Å². The fourth-order valence-corrected chi connectivity index (χ4v) is 2.02. The Morgan fingerprint density at radius 1 is 1.46 bits per heavy atom. The molecule has 1 aliphatic rings. The summed E-state index contributed by atoms with van der Waals surface area (Å²) in [5.74, 6) is 1.24. The number of aryl methyl sites for hydroxylation is 1. The van der Waals surface area contributed by atoms with E-state index in [0.29, 0.717) is 11.5 Å². The van der Waals surface area contributed by atoms with Gasteiger partial charge in [-0.2, -0.15) is 0 Å². The molecule has 1 aromatic rings. The molecule has 0 aromatic carbocycles. The topological polar surface area (TPSA) is 43.1 Å². The summed E-state index contributed by atoms with van der Waals surface area (Å²) >= 11 is 0. The molecule has 0 radical (unpaired) electrons. The summed E-state index contributed by atoms with van der Waals surface area (Å²) in [5, 5.41) is 3.83. The van der Waals surface area contributed by atoms with Crippen LogP contribution in [0.2, 0.25) is 0 Å². The van der Waals surface area contributed by atoms with Gasteiger partial charge in [-0.1, -0.05) is 18.0 Å². The van der Waals surface area contributed by atoms with E-state index in [4.69, 9.17) is 4.52 Å². The lowest BCUT2D eigenvalue weighted by Gasteiger charge is -2.03. The van der Waals surface area contributed by atoms with Gasteiger partial charge in [0, 0.05) is 5.92 Å². The Morgan fingerprint density at radius 3 is 2.77 bits per heavy atom. The Labute approximate surface area is 77.1 Å². The number of carbonyl (C=O) groups excluding carboxylic acids is 1. The monoisotopic (exact) mass is 179 g/mol. The Kier molecular flexibility index (Phi) is 2.17. The largest absolute Gasteiger partial charge is 0.360 e. The number of hydrogen-bond acceptors (Lipinski definition) is 3. The first-order valence-corrected chi connectivity index (χ1v) is 4.74. The van der Waals surface area contributed by atoms with Crippen LogP contribution >= 0.6 is 0 Å². The summed E-state index contributed by atoms with van der Waals surface area (Å²) in [6, 6.07) is 0. The Balaban J connectivity index is 2.32. The van der Waals surface area contributed by atoms with E-state index >= 15 is 0 Å². The molecule has 1 aromatic heterocycles. The van der Waals surface area contributed by atoms with Gasteiger partial charge in [0.15, 0.2) is 12.0 Å². The molecule has 0 bridgehead atoms. The highest BCUT2D eigenvalue weighted by atomic mass is 16.5. The minimum atomic E-state index is 0.432. The Morgan fingerprint density at radius 2 is 2.15 bits per heavy atom. The maximum absolute atomic E-state index is 10.8. The van der Waals surface area contributed by atoms with Crippen LogP contribution in [0.3, 0.4) is 0 Å². The van der Waals surface area contributed by atoms with E-state index in [0.717, 1.165) is 30.6 Å². The molecule has 1 heterocycles. The van der Waals surface area contributed by atoms with Crippen LogP contribution in [0.25, 0.3) is 0 Å². The number of aromatic nitrogens is 1. The Hall–Kier alpha value is -1.12. The predicted molar refractivity (Wildman–Crippen MR) is 47.8 cm³/mol. The summed E-state index contributed by atoms with van der Waals surface area (Å²) in [5.41, 5.74) is 1.39. The molecule has 0 saturated heterocycles. The standard InChI is InChI=1S/C10H13NO2/c1-7-9(6-12)10(13-11-7)8-4-2-3-5-8/h6,8H,2-5H2,1H3. The number of aldehydes is 1. The SMILES string of the molecule is Cc1noc(C2CCCC2)c1C=O. The van der Waals surface area contributed by atoms with Gasteiger partial charge in [-0.15, -0.1) is 0 Å². The number of carbonyl (C=O) groups is 1. The van der Waals surface area contributed by atoms with Crippen molar-refractivity contribution in [2.75, 3.05) is 0 Å². The van der Waals surface area contributed by atoms with E-state index in [1.165, 1.54) is 12.8 Å². The lowest BCUT2D eigenvalue weighted by molar-refractivity contribution is 0.112. The van der Waals surface area contributed by atoms with Gasteiger partial charge in [-0.05, 0) is 19.8 Å². The third-order valence-electron chi connectivity index (χ3n) is 2.78. The van der Waals surface area contributed by atoms with E-state index in [1.807, 2.05) is 6.92 Å². The number of nitrogens with zero attached hydrogens (tertiary/aromatic N) is 1. The molecule has 0 N–H and O–H groups in total. The molecule has 0 unspecified atom stereocenters. The van der Waals surface area contributed by atoms with Crippen LogP contribution in [-0.4, -0.2) is 11.4 Å². The Bertz CT molecular complexity index is 311. The van der Waals surface area contributed by atoms with E-state index in [2.05, 4.69) is 5.16 Å². The molecule has 0 spiro atoms. The van der Waals surface area contributed by atoms with Crippen LogP contribution in [0.5, 0.6) is 0 Å². The molecule has 3 nitrogen and oxygen atoms in total. The second-order valence-corrected chi connectivity index (χ2v) is 3.65. The van der Waals surface area contributed by atoms with Gasteiger partial charge < -0.3 is 4.52 Å². The van der Waals surface area contributed by atoms with Gasteiger partial charge in [-0.25, -0.2) is 0 Å². The van der Waals surface area contributed by atoms with Gasteiger partial charge in [0.05, 0.1) is 11.3 Å². The first-order valence-electron chi connectivity index (χ1n) is 4.74. The van der Waals surface area contributed by atoms with Crippen molar-refractivity contribution in [2.24, 2.45) is 0 Å². The average Bonchev–Trinajstić information content (AvgIpc) is 2.71. The van der Waals surface area contributed by atoms with Gasteiger partial charge >= 0.3 is 0 Å². The van der Waals surface area contributed by atoms with Crippen molar-refractivity contribution in [2.45, 2.75) is 38.5 Å². The van der Waals surface area contributed by atoms with Crippen LogP contribution in [0.4, 0.5) is 0 Å². The summed E-state index contributed by atoms with van der Waals surface area (Å²) in [6.45, 7) is 1.81. The van der Waals surface area contributed by atoms with Crippen molar-refractivity contribution in [1.82, 2.24) is 5.16 Å². The second-order valence-electron chi connectivity index (χ2n) is 3.65. The fraction of sp³-hybridized carbons (Fsp3) is 0.600. The summed E-state index contributed by atoms with van der Waals surface area (Å²) < 4.78 is 5.19. The van der Waals surface area contributed by atoms with Crippen LogP contribution in [0.15, 0.2) is 4.52 Å². The van der Waals surface area contributed by atoms with E-state index in [1.54, 1.807) is 0 Å². The summed E-state index contributed by atoms with van der Waals surface area (Å²) in [6.07, 6.45) is 5.61. The molecular weight excluding hydrogens is 166 g/mol. The van der Waals surface area contributed by atoms with E-state index in [9.17, 15) is 4.79 Å².